The second-order valence-electron chi connectivity index (χ2n) is 15.4. The summed E-state index contributed by atoms with van der Waals surface area (Å²) < 4.78 is 19.6. The van der Waals surface area contributed by atoms with Gasteiger partial charge in [-0.1, -0.05) is 152 Å². The summed E-state index contributed by atoms with van der Waals surface area (Å²) in [6.07, 6.45) is 2.39. The lowest BCUT2D eigenvalue weighted by atomic mass is 9.77. The average Bonchev–Trinajstić information content (AvgIpc) is 3.92. The molecule has 0 radical (unpaired) electrons. The molecule has 1 atom stereocenters. The third-order valence-electron chi connectivity index (χ3n) is 11.5. The van der Waals surface area contributed by atoms with Gasteiger partial charge < -0.3 is 19.2 Å². The van der Waals surface area contributed by atoms with Gasteiger partial charge in [0.1, 0.15) is 11.6 Å². The summed E-state index contributed by atoms with van der Waals surface area (Å²) in [5, 5.41) is 13.7. The number of para-hydroxylation sites is 1. The van der Waals surface area contributed by atoms with E-state index in [2.05, 4.69) is 46.6 Å². The molecule has 0 spiro atoms. The molecule has 1 N–H and O–H groups in total. The highest BCUT2D eigenvalue weighted by Gasteiger charge is 2.42. The Bertz CT molecular complexity index is 2770. The molecule has 0 bridgehead atoms. The van der Waals surface area contributed by atoms with Crippen molar-refractivity contribution >= 4 is 23.2 Å². The third-order valence-corrected chi connectivity index (χ3v) is 11.5. The van der Waals surface area contributed by atoms with E-state index in [1.807, 2.05) is 108 Å². The number of nitrogens with one attached hydrogen (secondary N) is 1. The molecule has 2 aromatic heterocycles. The molecule has 0 amide bonds. The van der Waals surface area contributed by atoms with Crippen LogP contribution in [0, 0.1) is 0 Å². The van der Waals surface area contributed by atoms with E-state index in [0.29, 0.717) is 16.9 Å². The van der Waals surface area contributed by atoms with Crippen molar-refractivity contribution in [1.82, 2.24) is 29.8 Å². The second kappa shape index (κ2) is 17.6. The van der Waals surface area contributed by atoms with Crippen molar-refractivity contribution in [3.63, 3.8) is 0 Å². The molecule has 0 unspecified atom stereocenters. The van der Waals surface area contributed by atoms with Crippen molar-refractivity contribution < 1.29 is 23.8 Å². The molecule has 12 heteroatoms. The van der Waals surface area contributed by atoms with Gasteiger partial charge in [0.2, 0.25) is 6.29 Å². The fourth-order valence-electron chi connectivity index (χ4n) is 8.64. The first kappa shape index (κ1) is 39.8. The topological polar surface area (TPSA) is 143 Å². The number of aromatic nitrogens is 6. The number of benzene rings is 6. The second-order valence-corrected chi connectivity index (χ2v) is 15.4. The highest BCUT2D eigenvalue weighted by atomic mass is 16.8. The number of carbonyl (C=O) groups is 2. The van der Waals surface area contributed by atoms with E-state index in [9.17, 15) is 14.4 Å². The van der Waals surface area contributed by atoms with Crippen LogP contribution in [0.4, 0.5) is 4.79 Å². The standard InChI is InChI=1S/C50H44N6O6/c1-34(61-49(59)62-40-23-12-5-13-24-40)60-47(57)43-27-16-28-44-45(43)55(48(58)51-44)33-35-29-31-36(32-30-35)41-25-14-15-26-42(41)46-52-53-54-56(46)50(37-17-6-2-7-18-37,38-19-8-3-9-20-38)39-21-10-4-11-22-39/h2-4,6-11,14-22,25-32,34,40H,5,12-13,23-24,33H2,1H3,(H,51,58)/t34-/m1/s1. The molecule has 6 aromatic carbocycles. The van der Waals surface area contributed by atoms with Gasteiger partial charge in [-0.2, -0.15) is 0 Å². The molecule has 9 rings (SSSR count). The highest BCUT2D eigenvalue weighted by Crippen LogP contribution is 2.43. The van der Waals surface area contributed by atoms with Gasteiger partial charge in [0.15, 0.2) is 5.82 Å². The van der Waals surface area contributed by atoms with Gasteiger partial charge in [-0.25, -0.2) is 19.1 Å². The Kier molecular flexibility index (Phi) is 11.3. The maximum atomic E-state index is 13.5. The van der Waals surface area contributed by atoms with Crippen LogP contribution in [0.5, 0.6) is 0 Å². The average molecular weight is 825 g/mol. The molecule has 0 aliphatic heterocycles. The molecule has 2 heterocycles. The Labute approximate surface area is 357 Å². The number of nitrogens with zero attached hydrogens (tertiary/aromatic N) is 5. The summed E-state index contributed by atoms with van der Waals surface area (Å²) in [5.41, 5.74) is 6.13. The molecule has 12 nitrogen and oxygen atoms in total. The maximum absolute atomic E-state index is 13.5. The van der Waals surface area contributed by atoms with Crippen molar-refractivity contribution in [2.24, 2.45) is 0 Å². The van der Waals surface area contributed by atoms with Gasteiger partial charge >= 0.3 is 17.8 Å². The Morgan fingerprint density at radius 2 is 1.31 bits per heavy atom. The molecule has 1 saturated carbocycles. The maximum Gasteiger partial charge on any atom is 0.511 e. The first-order valence-corrected chi connectivity index (χ1v) is 20.8. The number of hydrogen-bond acceptors (Lipinski definition) is 9. The van der Waals surface area contributed by atoms with Crippen LogP contribution in [0.3, 0.4) is 0 Å². The number of carbonyl (C=O) groups excluding carboxylic acids is 2. The fraction of sp³-hybridized carbons (Fsp3) is 0.200. The minimum atomic E-state index is -1.21. The van der Waals surface area contributed by atoms with Crippen molar-refractivity contribution in [2.45, 2.75) is 63.5 Å². The lowest BCUT2D eigenvalue weighted by Gasteiger charge is -2.36. The van der Waals surface area contributed by atoms with Crippen LogP contribution in [-0.2, 0) is 26.3 Å². The number of tetrazole rings is 1. The van der Waals surface area contributed by atoms with Crippen molar-refractivity contribution in [3.8, 4) is 22.5 Å². The Morgan fingerprint density at radius 3 is 1.94 bits per heavy atom. The number of rotatable bonds is 12. The van der Waals surface area contributed by atoms with E-state index in [0.717, 1.165) is 71.0 Å². The zero-order chi connectivity index (χ0) is 42.5. The van der Waals surface area contributed by atoms with Crippen LogP contribution in [-0.4, -0.2) is 54.3 Å². The molecule has 1 aliphatic carbocycles. The molecule has 0 saturated heterocycles. The van der Waals surface area contributed by atoms with E-state index in [1.165, 1.54) is 11.5 Å². The summed E-state index contributed by atoms with van der Waals surface area (Å²) in [5.74, 6) is -0.168. The number of aromatic amines is 1. The van der Waals surface area contributed by atoms with Crippen LogP contribution in [0.2, 0.25) is 0 Å². The van der Waals surface area contributed by atoms with Gasteiger partial charge in [0.05, 0.1) is 23.1 Å². The minimum absolute atomic E-state index is 0.151. The lowest BCUT2D eigenvalue weighted by Crippen LogP contribution is -2.39. The van der Waals surface area contributed by atoms with E-state index >= 15 is 0 Å². The summed E-state index contributed by atoms with van der Waals surface area (Å²) in [7, 11) is 0. The lowest BCUT2D eigenvalue weighted by molar-refractivity contribution is -0.0914. The number of H-pyrrole nitrogens is 1. The van der Waals surface area contributed by atoms with Crippen LogP contribution in [0.1, 0.15) is 71.6 Å². The van der Waals surface area contributed by atoms with Crippen molar-refractivity contribution in [3.05, 3.63) is 196 Å². The van der Waals surface area contributed by atoms with Crippen LogP contribution >= 0.6 is 0 Å². The van der Waals surface area contributed by atoms with E-state index < -0.39 is 24.0 Å². The monoisotopic (exact) mass is 824 g/mol. The molecule has 1 aliphatic rings. The fourth-order valence-corrected chi connectivity index (χ4v) is 8.64. The van der Waals surface area contributed by atoms with Crippen LogP contribution in [0.15, 0.2) is 163 Å². The predicted molar refractivity (Wildman–Crippen MR) is 234 cm³/mol. The molecule has 8 aromatic rings. The van der Waals surface area contributed by atoms with Crippen molar-refractivity contribution in [2.75, 3.05) is 0 Å². The Hall–Kier alpha value is -7.60. The van der Waals surface area contributed by atoms with Gasteiger partial charge in [-0.05, 0) is 81.6 Å². The molecule has 1 fully saturated rings. The number of imidazole rings is 1. The van der Waals surface area contributed by atoms with Gasteiger partial charge in [0, 0.05) is 12.5 Å². The minimum Gasteiger partial charge on any atom is -0.431 e. The van der Waals surface area contributed by atoms with Crippen LogP contribution < -0.4 is 5.69 Å². The SMILES string of the molecule is C[C@@H](OC(=O)OC1CCCCC1)OC(=O)c1cccc2[nH]c(=O)n(Cc3ccc(-c4ccccc4-c4nnnn4C(c4ccccc4)(c4ccccc4)c4ccccc4)cc3)c12. The molecular formula is C50H44N6O6. The molecule has 310 valence electrons. The number of hydrogen-bond donors (Lipinski definition) is 1. The molecule has 62 heavy (non-hydrogen) atoms. The smallest absolute Gasteiger partial charge is 0.431 e. The summed E-state index contributed by atoms with van der Waals surface area (Å²) in [6, 6.07) is 51.7. The van der Waals surface area contributed by atoms with Gasteiger partial charge in [0.25, 0.3) is 0 Å². The zero-order valence-corrected chi connectivity index (χ0v) is 34.1. The first-order chi connectivity index (χ1) is 30.4. The van der Waals surface area contributed by atoms with E-state index in [4.69, 9.17) is 24.5 Å². The van der Waals surface area contributed by atoms with E-state index in [-0.39, 0.29) is 23.9 Å². The van der Waals surface area contributed by atoms with Gasteiger partial charge in [-0.15, -0.1) is 5.10 Å². The number of fused-ring (bicyclic) bond motifs is 1. The summed E-state index contributed by atoms with van der Waals surface area (Å²) in [6.45, 7) is 1.62. The predicted octanol–water partition coefficient (Wildman–Crippen LogP) is 9.53. The number of ether oxygens (including phenoxy) is 3. The zero-order valence-electron chi connectivity index (χ0n) is 34.1. The summed E-state index contributed by atoms with van der Waals surface area (Å²) in [4.78, 5) is 42.2. The summed E-state index contributed by atoms with van der Waals surface area (Å²) >= 11 is 0. The van der Waals surface area contributed by atoms with Crippen molar-refractivity contribution in [1.29, 1.82) is 0 Å². The highest BCUT2D eigenvalue weighted by molar-refractivity contribution is 6.02. The van der Waals surface area contributed by atoms with E-state index in [1.54, 1.807) is 18.2 Å². The number of esters is 1. The normalized spacial score (nSPS) is 13.7. The van der Waals surface area contributed by atoms with Crippen LogP contribution in [0.25, 0.3) is 33.5 Å². The Balaban J connectivity index is 1.02. The quantitative estimate of drug-likeness (QED) is 0.0724. The first-order valence-electron chi connectivity index (χ1n) is 20.8. The largest absolute Gasteiger partial charge is 0.511 e. The van der Waals surface area contributed by atoms with Gasteiger partial charge in [-0.3, -0.25) is 4.57 Å². The third kappa shape index (κ3) is 7.78. The molecular weight excluding hydrogens is 781 g/mol. The Morgan fingerprint density at radius 1 is 0.710 bits per heavy atom.